The molecule has 7 heteroatoms. The zero-order valence-corrected chi connectivity index (χ0v) is 16.2. The van der Waals surface area contributed by atoms with Crippen molar-refractivity contribution in [3.05, 3.63) is 41.5 Å². The molecule has 0 unspecified atom stereocenters. The first kappa shape index (κ1) is 19.4. The number of benzene rings is 2. The van der Waals surface area contributed by atoms with E-state index < -0.39 is 0 Å². The number of hydrogen-bond donors (Lipinski definition) is 0. The predicted octanol–water partition coefficient (Wildman–Crippen LogP) is 3.39. The molecular weight excluding hydrogens is 364 g/mol. The van der Waals surface area contributed by atoms with Gasteiger partial charge in [-0.05, 0) is 29.8 Å². The summed E-state index contributed by atoms with van der Waals surface area (Å²) in [6.07, 6.45) is 3.12. The molecule has 0 saturated heterocycles. The van der Waals surface area contributed by atoms with Gasteiger partial charge in [-0.2, -0.15) is 0 Å². The normalized spacial score (nSPS) is 12.6. The minimum atomic E-state index is -0.234. The maximum Gasteiger partial charge on any atom is 0.203 e. The van der Waals surface area contributed by atoms with Crippen LogP contribution < -0.4 is 28.4 Å². The average molecular weight is 386 g/mol. The van der Waals surface area contributed by atoms with Crippen LogP contribution in [-0.4, -0.2) is 47.4 Å². The second kappa shape index (κ2) is 8.56. The molecule has 0 aromatic heterocycles. The van der Waals surface area contributed by atoms with Crippen molar-refractivity contribution in [2.24, 2.45) is 0 Å². The van der Waals surface area contributed by atoms with Crippen molar-refractivity contribution in [3.63, 3.8) is 0 Å². The highest BCUT2D eigenvalue weighted by Crippen LogP contribution is 2.39. The van der Waals surface area contributed by atoms with Crippen molar-refractivity contribution in [1.29, 1.82) is 0 Å². The Kier molecular flexibility index (Phi) is 5.93. The van der Waals surface area contributed by atoms with Crippen LogP contribution in [0.5, 0.6) is 34.5 Å². The third-order valence-corrected chi connectivity index (χ3v) is 4.24. The molecule has 2 aromatic rings. The summed E-state index contributed by atoms with van der Waals surface area (Å²) in [7, 11) is 6.12. The lowest BCUT2D eigenvalue weighted by molar-refractivity contribution is 0.104. The second-order valence-electron chi connectivity index (χ2n) is 5.85. The van der Waals surface area contributed by atoms with Gasteiger partial charge in [-0.3, -0.25) is 4.79 Å². The van der Waals surface area contributed by atoms with Gasteiger partial charge in [0.15, 0.2) is 28.8 Å². The molecule has 28 heavy (non-hydrogen) atoms. The van der Waals surface area contributed by atoms with Crippen molar-refractivity contribution >= 4 is 11.9 Å². The number of fused-ring (bicyclic) bond motifs is 1. The van der Waals surface area contributed by atoms with Crippen LogP contribution in [0.2, 0.25) is 0 Å². The number of carbonyl (C=O) groups excluding carboxylic acids is 1. The molecule has 1 heterocycles. The van der Waals surface area contributed by atoms with Crippen LogP contribution in [0.25, 0.3) is 6.08 Å². The fraction of sp³-hybridized carbons (Fsp3) is 0.286. The molecule has 3 rings (SSSR count). The second-order valence-corrected chi connectivity index (χ2v) is 5.85. The lowest BCUT2D eigenvalue weighted by Gasteiger charge is -2.20. The Bertz CT molecular complexity index is 877. The molecule has 1 aliphatic heterocycles. The van der Waals surface area contributed by atoms with E-state index in [0.717, 1.165) is 5.56 Å². The third kappa shape index (κ3) is 3.83. The van der Waals surface area contributed by atoms with E-state index in [4.69, 9.17) is 28.4 Å². The molecule has 7 nitrogen and oxygen atoms in total. The SMILES string of the molecule is COc1cc2c(cc1C(=O)C=Cc1cc(OC)c(OC)c(OC)c1)OCCO2. The van der Waals surface area contributed by atoms with E-state index in [1.165, 1.54) is 34.5 Å². The Morgan fingerprint density at radius 3 is 1.93 bits per heavy atom. The van der Waals surface area contributed by atoms with Crippen molar-refractivity contribution < 1.29 is 33.2 Å². The highest BCUT2D eigenvalue weighted by molar-refractivity contribution is 6.09. The van der Waals surface area contributed by atoms with E-state index in [-0.39, 0.29) is 5.78 Å². The Morgan fingerprint density at radius 1 is 0.821 bits per heavy atom. The van der Waals surface area contributed by atoms with Crippen LogP contribution in [-0.2, 0) is 0 Å². The van der Waals surface area contributed by atoms with Gasteiger partial charge in [-0.15, -0.1) is 0 Å². The maximum absolute atomic E-state index is 12.8. The first-order valence-corrected chi connectivity index (χ1v) is 8.61. The fourth-order valence-electron chi connectivity index (χ4n) is 2.89. The van der Waals surface area contributed by atoms with Crippen molar-refractivity contribution in [2.45, 2.75) is 0 Å². The first-order valence-electron chi connectivity index (χ1n) is 8.61. The van der Waals surface area contributed by atoms with Crippen molar-refractivity contribution in [1.82, 2.24) is 0 Å². The summed E-state index contributed by atoms with van der Waals surface area (Å²) in [5.74, 6) is 2.77. The number of rotatable bonds is 7. The van der Waals surface area contributed by atoms with Crippen molar-refractivity contribution in [2.75, 3.05) is 41.7 Å². The van der Waals surface area contributed by atoms with E-state index in [0.29, 0.717) is 53.3 Å². The summed E-state index contributed by atoms with van der Waals surface area (Å²) in [5, 5.41) is 0. The van der Waals surface area contributed by atoms with Crippen LogP contribution in [0.3, 0.4) is 0 Å². The molecular formula is C21H22O7. The van der Waals surface area contributed by atoms with Gasteiger partial charge in [-0.1, -0.05) is 6.08 Å². The molecule has 1 aliphatic rings. The topological polar surface area (TPSA) is 72.5 Å². The number of allylic oxidation sites excluding steroid dienone is 1. The molecule has 2 aromatic carbocycles. The zero-order valence-electron chi connectivity index (χ0n) is 16.2. The molecule has 0 bridgehead atoms. The third-order valence-electron chi connectivity index (χ3n) is 4.24. The summed E-state index contributed by atoms with van der Waals surface area (Å²) in [6.45, 7) is 0.902. The van der Waals surface area contributed by atoms with Gasteiger partial charge >= 0.3 is 0 Å². The highest BCUT2D eigenvalue weighted by Gasteiger charge is 2.19. The molecule has 148 valence electrons. The molecule has 0 atom stereocenters. The number of methoxy groups -OCH3 is 4. The molecule has 0 aliphatic carbocycles. The largest absolute Gasteiger partial charge is 0.496 e. The van der Waals surface area contributed by atoms with E-state index in [1.807, 2.05) is 0 Å². The van der Waals surface area contributed by atoms with Gasteiger partial charge in [0.05, 0.1) is 34.0 Å². The van der Waals surface area contributed by atoms with Crippen LogP contribution in [0, 0.1) is 0 Å². The van der Waals surface area contributed by atoms with E-state index in [1.54, 1.807) is 30.3 Å². The first-order chi connectivity index (χ1) is 13.6. The van der Waals surface area contributed by atoms with E-state index >= 15 is 0 Å². The summed E-state index contributed by atoms with van der Waals surface area (Å²) < 4.78 is 32.4. The number of carbonyl (C=O) groups is 1. The summed E-state index contributed by atoms with van der Waals surface area (Å²) in [4.78, 5) is 12.8. The lowest BCUT2D eigenvalue weighted by Crippen LogP contribution is -2.16. The van der Waals surface area contributed by atoms with Crippen molar-refractivity contribution in [3.8, 4) is 34.5 Å². The smallest absolute Gasteiger partial charge is 0.203 e. The standard InChI is InChI=1S/C21H22O7/c1-23-16-12-18-17(27-7-8-28-18)11-14(16)15(22)6-5-13-9-19(24-2)21(26-4)20(10-13)25-3/h5-6,9-12H,7-8H2,1-4H3. The van der Waals surface area contributed by atoms with Gasteiger partial charge in [0.1, 0.15) is 19.0 Å². The Morgan fingerprint density at radius 2 is 1.39 bits per heavy atom. The van der Waals surface area contributed by atoms with Gasteiger partial charge in [0, 0.05) is 6.07 Å². The van der Waals surface area contributed by atoms with Gasteiger partial charge < -0.3 is 28.4 Å². The summed E-state index contributed by atoms with van der Waals surface area (Å²) in [6, 6.07) is 6.81. The Labute approximate surface area is 163 Å². The number of hydrogen-bond acceptors (Lipinski definition) is 7. The van der Waals surface area contributed by atoms with Crippen LogP contribution >= 0.6 is 0 Å². The average Bonchev–Trinajstić information content (AvgIpc) is 2.75. The maximum atomic E-state index is 12.8. The van der Waals surface area contributed by atoms with Crippen LogP contribution in [0.1, 0.15) is 15.9 Å². The number of ether oxygens (including phenoxy) is 6. The number of ketones is 1. The summed E-state index contributed by atoms with van der Waals surface area (Å²) in [5.41, 5.74) is 1.11. The lowest BCUT2D eigenvalue weighted by atomic mass is 10.1. The van der Waals surface area contributed by atoms with E-state index in [9.17, 15) is 4.79 Å². The molecule has 0 radical (unpaired) electrons. The minimum Gasteiger partial charge on any atom is -0.496 e. The molecule has 0 amide bonds. The quantitative estimate of drug-likeness (QED) is 0.533. The van der Waals surface area contributed by atoms with E-state index in [2.05, 4.69) is 0 Å². The summed E-state index contributed by atoms with van der Waals surface area (Å²) >= 11 is 0. The van der Waals surface area contributed by atoms with Gasteiger partial charge in [0.25, 0.3) is 0 Å². The highest BCUT2D eigenvalue weighted by atomic mass is 16.6. The molecule has 0 N–H and O–H groups in total. The van der Waals surface area contributed by atoms with Gasteiger partial charge in [0.2, 0.25) is 5.75 Å². The van der Waals surface area contributed by atoms with Crippen LogP contribution in [0.4, 0.5) is 0 Å². The van der Waals surface area contributed by atoms with Gasteiger partial charge in [-0.25, -0.2) is 0 Å². The minimum absolute atomic E-state index is 0.234. The van der Waals surface area contributed by atoms with Crippen LogP contribution in [0.15, 0.2) is 30.3 Å². The fourth-order valence-corrected chi connectivity index (χ4v) is 2.89. The zero-order chi connectivity index (χ0) is 20.1. The molecule has 0 saturated carbocycles. The molecule has 0 spiro atoms. The Hall–Kier alpha value is -3.35. The predicted molar refractivity (Wildman–Crippen MR) is 103 cm³/mol. The molecule has 0 fully saturated rings. The monoisotopic (exact) mass is 386 g/mol. The Balaban J connectivity index is 1.92.